The first kappa shape index (κ1) is 24.5. The minimum atomic E-state index is -2.50. The van der Waals surface area contributed by atoms with Crippen LogP contribution in [0.3, 0.4) is 0 Å². The van der Waals surface area contributed by atoms with Gasteiger partial charge in [0.25, 0.3) is 8.32 Å². The van der Waals surface area contributed by atoms with E-state index < -0.39 is 8.32 Å². The quantitative estimate of drug-likeness (QED) is 0.301. The Morgan fingerprint density at radius 1 is 0.938 bits per heavy atom. The molecule has 0 bridgehead atoms. The normalized spacial score (nSPS) is 12.0. The minimum Gasteiger partial charge on any atom is -0.407 e. The van der Waals surface area contributed by atoms with Crippen LogP contribution >= 0.6 is 11.6 Å². The highest BCUT2D eigenvalue weighted by Gasteiger charge is 2.49. The van der Waals surface area contributed by atoms with E-state index in [1.54, 1.807) is 0 Å². The summed E-state index contributed by atoms with van der Waals surface area (Å²) < 4.78 is 6.95. The molecule has 0 saturated heterocycles. The molecule has 3 aromatic carbocycles. The molecule has 168 valence electrons. The maximum Gasteiger partial charge on any atom is 0.261 e. The fraction of sp³-hybridized carbons (Fsp3) is 0.286. The number of rotatable bonds is 9. The van der Waals surface area contributed by atoms with Gasteiger partial charge in [0, 0.05) is 11.6 Å². The zero-order valence-electron chi connectivity index (χ0n) is 19.3. The van der Waals surface area contributed by atoms with Crippen LogP contribution in [0.25, 0.3) is 5.57 Å². The highest BCUT2D eigenvalue weighted by atomic mass is 35.5. The van der Waals surface area contributed by atoms with Crippen LogP contribution < -0.4 is 10.4 Å². The lowest BCUT2D eigenvalue weighted by Crippen LogP contribution is -2.66. The number of hydrogen-bond acceptors (Lipinski definition) is 2. The molecule has 3 aromatic rings. The fourth-order valence-electron chi connectivity index (χ4n) is 4.33. The maximum absolute atomic E-state index is 9.49. The molecule has 0 spiro atoms. The van der Waals surface area contributed by atoms with Gasteiger partial charge >= 0.3 is 0 Å². The van der Waals surface area contributed by atoms with Crippen molar-refractivity contribution in [1.82, 2.24) is 0 Å². The number of aliphatic hydroxyl groups is 1. The van der Waals surface area contributed by atoms with E-state index in [1.807, 2.05) is 18.2 Å². The molecule has 0 aromatic heterocycles. The minimum absolute atomic E-state index is 0.0288. The van der Waals surface area contributed by atoms with Gasteiger partial charge in [0.15, 0.2) is 0 Å². The lowest BCUT2D eigenvalue weighted by atomic mass is 10.0. The van der Waals surface area contributed by atoms with E-state index in [4.69, 9.17) is 16.0 Å². The molecule has 0 saturated carbocycles. The molecule has 0 aliphatic rings. The van der Waals surface area contributed by atoms with Crippen LogP contribution in [0.1, 0.15) is 44.7 Å². The lowest BCUT2D eigenvalue weighted by Gasteiger charge is -2.43. The van der Waals surface area contributed by atoms with Gasteiger partial charge < -0.3 is 9.53 Å². The molecule has 0 radical (unpaired) electrons. The molecule has 0 fully saturated rings. The van der Waals surface area contributed by atoms with Gasteiger partial charge in [0.1, 0.15) is 0 Å². The van der Waals surface area contributed by atoms with Gasteiger partial charge in [0.05, 0.1) is 6.61 Å². The summed E-state index contributed by atoms with van der Waals surface area (Å²) in [4.78, 5) is 0. The molecule has 4 heteroatoms. The first-order valence-corrected chi connectivity index (χ1v) is 13.4. The van der Waals surface area contributed by atoms with Crippen LogP contribution in [-0.2, 0) is 11.0 Å². The molecule has 0 atom stereocenters. The Morgan fingerprint density at radius 3 is 2.00 bits per heavy atom. The first-order valence-electron chi connectivity index (χ1n) is 11.1. The predicted molar refractivity (Wildman–Crippen MR) is 139 cm³/mol. The zero-order valence-corrected chi connectivity index (χ0v) is 21.0. The summed E-state index contributed by atoms with van der Waals surface area (Å²) in [6, 6.07) is 27.1. The Labute approximate surface area is 198 Å². The highest BCUT2D eigenvalue weighted by Crippen LogP contribution is 2.37. The molecule has 0 aliphatic heterocycles. The second kappa shape index (κ2) is 10.6. The largest absolute Gasteiger partial charge is 0.407 e. The van der Waals surface area contributed by atoms with Crippen molar-refractivity contribution in [3.63, 3.8) is 0 Å². The van der Waals surface area contributed by atoms with Crippen LogP contribution in [0.5, 0.6) is 0 Å². The third kappa shape index (κ3) is 5.24. The van der Waals surface area contributed by atoms with Crippen molar-refractivity contribution in [2.75, 3.05) is 6.61 Å². The predicted octanol–water partition coefficient (Wildman–Crippen LogP) is 6.20. The summed E-state index contributed by atoms with van der Waals surface area (Å²) in [5, 5.41) is 12.6. The van der Waals surface area contributed by atoms with Crippen molar-refractivity contribution in [3.8, 4) is 0 Å². The second-order valence-corrected chi connectivity index (χ2v) is 13.9. The van der Waals surface area contributed by atoms with E-state index in [-0.39, 0.29) is 11.6 Å². The van der Waals surface area contributed by atoms with Crippen molar-refractivity contribution in [1.29, 1.82) is 0 Å². The summed E-state index contributed by atoms with van der Waals surface area (Å²) in [6.45, 7) is 11.7. The molecular formula is C28H33ClO2Si. The van der Waals surface area contributed by atoms with Gasteiger partial charge in [-0.1, -0.05) is 106 Å². The zero-order chi connectivity index (χ0) is 23.2. The summed E-state index contributed by atoms with van der Waals surface area (Å²) in [6.07, 6.45) is 1.70. The number of aliphatic hydroxyl groups excluding tert-OH is 1. The van der Waals surface area contributed by atoms with Crippen LogP contribution in [0.2, 0.25) is 10.1 Å². The van der Waals surface area contributed by atoms with Gasteiger partial charge in [0.2, 0.25) is 0 Å². The van der Waals surface area contributed by atoms with Gasteiger partial charge in [-0.25, -0.2) is 0 Å². The Balaban J connectivity index is 1.80. The highest BCUT2D eigenvalue weighted by molar-refractivity contribution is 6.99. The van der Waals surface area contributed by atoms with Crippen molar-refractivity contribution < 1.29 is 9.53 Å². The molecule has 0 amide bonds. The van der Waals surface area contributed by atoms with Gasteiger partial charge in [-0.05, 0) is 57.1 Å². The Morgan fingerprint density at radius 2 is 1.50 bits per heavy atom. The fourth-order valence-corrected chi connectivity index (χ4v) is 9.12. The van der Waals surface area contributed by atoms with Crippen molar-refractivity contribution in [2.45, 2.75) is 45.3 Å². The molecule has 2 nitrogen and oxygen atoms in total. The third-order valence-electron chi connectivity index (χ3n) is 5.98. The number of allylic oxidation sites excluding steroid dienone is 1. The number of hydrogen-bond donors (Lipinski definition) is 1. The Hall–Kier alpha value is -2.17. The van der Waals surface area contributed by atoms with E-state index in [0.29, 0.717) is 11.6 Å². The average Bonchev–Trinajstić information content (AvgIpc) is 2.79. The Kier molecular flexibility index (Phi) is 8.13. The third-order valence-corrected chi connectivity index (χ3v) is 11.4. The van der Waals surface area contributed by atoms with Gasteiger partial charge in [-0.3, -0.25) is 0 Å². The summed E-state index contributed by atoms with van der Waals surface area (Å²) >= 11 is 6.13. The van der Waals surface area contributed by atoms with Crippen molar-refractivity contribution >= 4 is 35.9 Å². The van der Waals surface area contributed by atoms with Crippen LogP contribution in [0.15, 0.2) is 85.4 Å². The smallest absolute Gasteiger partial charge is 0.261 e. The molecule has 0 unspecified atom stereocenters. The van der Waals surface area contributed by atoms with Crippen LogP contribution in [0.4, 0.5) is 0 Å². The van der Waals surface area contributed by atoms with Crippen molar-refractivity contribution in [3.05, 3.63) is 102 Å². The summed E-state index contributed by atoms with van der Waals surface area (Å²) in [7, 11) is -2.50. The van der Waals surface area contributed by atoms with Crippen LogP contribution in [0, 0.1) is 0 Å². The van der Waals surface area contributed by atoms with E-state index in [9.17, 15) is 5.11 Å². The SMILES string of the molecule is C=C(CCCO[Si](c1ccccc1)(c1ccccc1)C(C)(C)C)c1ccc(Cl)c(CO)c1. The lowest BCUT2D eigenvalue weighted by molar-refractivity contribution is 0.282. The van der Waals surface area contributed by atoms with E-state index in [0.717, 1.165) is 29.5 Å². The first-order chi connectivity index (χ1) is 15.3. The van der Waals surface area contributed by atoms with Gasteiger partial charge in [-0.2, -0.15) is 0 Å². The van der Waals surface area contributed by atoms with Crippen molar-refractivity contribution in [2.24, 2.45) is 0 Å². The molecule has 32 heavy (non-hydrogen) atoms. The summed E-state index contributed by atoms with van der Waals surface area (Å²) in [5.74, 6) is 0. The topological polar surface area (TPSA) is 29.5 Å². The number of benzene rings is 3. The monoisotopic (exact) mass is 464 g/mol. The molecule has 3 rings (SSSR count). The molecule has 0 heterocycles. The van der Waals surface area contributed by atoms with E-state index in [2.05, 4.69) is 88.0 Å². The van der Waals surface area contributed by atoms with E-state index >= 15 is 0 Å². The second-order valence-electron chi connectivity index (χ2n) is 9.18. The van der Waals surface area contributed by atoms with E-state index in [1.165, 1.54) is 10.4 Å². The van der Waals surface area contributed by atoms with Gasteiger partial charge in [-0.15, -0.1) is 0 Å². The maximum atomic E-state index is 9.49. The van der Waals surface area contributed by atoms with Crippen LogP contribution in [-0.4, -0.2) is 20.0 Å². The average molecular weight is 465 g/mol. The standard InChI is InChI=1S/C28H33ClO2Si/c1-22(23-17-18-27(29)24(20-23)21-30)12-11-19-31-32(28(2,3)4,25-13-7-5-8-14-25)26-15-9-6-10-16-26/h5-10,13-18,20,30H,1,11-12,19,21H2,2-4H3. The molecular weight excluding hydrogens is 432 g/mol. The molecule has 1 N–H and O–H groups in total. The summed E-state index contributed by atoms with van der Waals surface area (Å²) in [5.41, 5.74) is 2.78. The Bertz CT molecular complexity index is 987. The molecule has 0 aliphatic carbocycles. The number of halogens is 1.